The molecule has 2 aliphatic rings. The van der Waals surface area contributed by atoms with Crippen LogP contribution in [-0.4, -0.2) is 47.7 Å². The van der Waals surface area contributed by atoms with Crippen LogP contribution in [0.5, 0.6) is 0 Å². The van der Waals surface area contributed by atoms with E-state index in [1.807, 2.05) is 11.8 Å². The number of carbonyl (C=O) groups excluding carboxylic acids is 1. The maximum atomic E-state index is 12.0. The minimum atomic E-state index is -0.563. The summed E-state index contributed by atoms with van der Waals surface area (Å²) in [6.07, 6.45) is 4.32. The van der Waals surface area contributed by atoms with Gasteiger partial charge < -0.3 is 15.3 Å². The van der Waals surface area contributed by atoms with Crippen molar-refractivity contribution < 1.29 is 9.90 Å². The molecular weight excluding hydrogens is 216 g/mol. The monoisotopic (exact) mass is 240 g/mol. The van der Waals surface area contributed by atoms with Crippen molar-refractivity contribution >= 4 is 5.91 Å². The molecule has 2 N–H and O–H groups in total. The molecule has 2 heterocycles. The molecule has 2 saturated heterocycles. The number of amides is 1. The standard InChI is InChI=1S/C13H24N2O2/c1-13(17)5-8-15(9-6-13)12(16)3-2-11-4-7-14-10-11/h11,14,17H,2-10H2,1H3. The summed E-state index contributed by atoms with van der Waals surface area (Å²) in [6.45, 7) is 5.47. The zero-order valence-corrected chi connectivity index (χ0v) is 10.7. The Labute approximate surface area is 103 Å². The molecular formula is C13H24N2O2. The summed E-state index contributed by atoms with van der Waals surface area (Å²) in [4.78, 5) is 13.9. The molecule has 0 radical (unpaired) electrons. The summed E-state index contributed by atoms with van der Waals surface area (Å²) >= 11 is 0. The number of rotatable bonds is 3. The molecule has 1 unspecified atom stereocenters. The molecule has 0 aliphatic carbocycles. The van der Waals surface area contributed by atoms with Crippen molar-refractivity contribution in [3.63, 3.8) is 0 Å². The fraction of sp³-hybridized carbons (Fsp3) is 0.923. The first-order valence-corrected chi connectivity index (χ1v) is 6.78. The van der Waals surface area contributed by atoms with E-state index in [4.69, 9.17) is 0 Å². The molecule has 0 bridgehead atoms. The minimum absolute atomic E-state index is 0.271. The highest BCUT2D eigenvalue weighted by Gasteiger charge is 2.29. The van der Waals surface area contributed by atoms with E-state index in [2.05, 4.69) is 5.32 Å². The van der Waals surface area contributed by atoms with Crippen LogP contribution in [0.4, 0.5) is 0 Å². The van der Waals surface area contributed by atoms with Crippen LogP contribution < -0.4 is 5.32 Å². The number of hydrogen-bond acceptors (Lipinski definition) is 3. The van der Waals surface area contributed by atoms with Gasteiger partial charge in [-0.3, -0.25) is 4.79 Å². The van der Waals surface area contributed by atoms with Crippen molar-refractivity contribution in [1.82, 2.24) is 10.2 Å². The van der Waals surface area contributed by atoms with E-state index in [0.29, 0.717) is 25.2 Å². The fourth-order valence-electron chi connectivity index (χ4n) is 2.68. The van der Waals surface area contributed by atoms with E-state index in [0.717, 1.165) is 32.6 Å². The lowest BCUT2D eigenvalue weighted by Gasteiger charge is -2.36. The van der Waals surface area contributed by atoms with Gasteiger partial charge in [0, 0.05) is 19.5 Å². The highest BCUT2D eigenvalue weighted by atomic mass is 16.3. The van der Waals surface area contributed by atoms with Crippen LogP contribution in [0, 0.1) is 5.92 Å². The highest BCUT2D eigenvalue weighted by molar-refractivity contribution is 5.76. The first kappa shape index (κ1) is 12.8. The molecule has 1 amide bonds. The molecule has 1 atom stereocenters. The van der Waals surface area contributed by atoms with Crippen LogP contribution in [0.25, 0.3) is 0 Å². The quantitative estimate of drug-likeness (QED) is 0.765. The van der Waals surface area contributed by atoms with Crippen LogP contribution >= 0.6 is 0 Å². The van der Waals surface area contributed by atoms with Gasteiger partial charge in [-0.25, -0.2) is 0 Å². The number of nitrogens with zero attached hydrogens (tertiary/aromatic N) is 1. The lowest BCUT2D eigenvalue weighted by Crippen LogP contribution is -2.45. The molecule has 4 nitrogen and oxygen atoms in total. The van der Waals surface area contributed by atoms with E-state index in [1.54, 1.807) is 0 Å². The first-order valence-electron chi connectivity index (χ1n) is 6.78. The van der Waals surface area contributed by atoms with Gasteiger partial charge in [0.25, 0.3) is 0 Å². The Kier molecular flexibility index (Phi) is 4.05. The SMILES string of the molecule is CC1(O)CCN(C(=O)CCC2CCNC2)CC1. The molecule has 0 saturated carbocycles. The van der Waals surface area contributed by atoms with Gasteiger partial charge in [-0.1, -0.05) is 0 Å². The number of piperidine rings is 1. The van der Waals surface area contributed by atoms with Gasteiger partial charge in [0.2, 0.25) is 5.91 Å². The third kappa shape index (κ3) is 3.68. The normalized spacial score (nSPS) is 28.4. The predicted octanol–water partition coefficient (Wildman–Crippen LogP) is 0.749. The average Bonchev–Trinajstić information content (AvgIpc) is 2.78. The number of carbonyl (C=O) groups is 1. The van der Waals surface area contributed by atoms with Crippen LogP contribution in [0.3, 0.4) is 0 Å². The Morgan fingerprint density at radius 3 is 2.76 bits per heavy atom. The summed E-state index contributed by atoms with van der Waals surface area (Å²) in [5, 5.41) is 13.2. The van der Waals surface area contributed by atoms with Crippen LogP contribution in [0.1, 0.15) is 39.0 Å². The van der Waals surface area contributed by atoms with Gasteiger partial charge in [0.05, 0.1) is 5.60 Å². The Morgan fingerprint density at radius 1 is 1.47 bits per heavy atom. The van der Waals surface area contributed by atoms with Crippen LogP contribution in [0.2, 0.25) is 0 Å². The Bertz CT molecular complexity index is 263. The minimum Gasteiger partial charge on any atom is -0.390 e. The molecule has 17 heavy (non-hydrogen) atoms. The second-order valence-corrected chi connectivity index (χ2v) is 5.78. The molecule has 0 aromatic carbocycles. The van der Waals surface area contributed by atoms with E-state index >= 15 is 0 Å². The van der Waals surface area contributed by atoms with Crippen molar-refractivity contribution in [3.8, 4) is 0 Å². The molecule has 2 fully saturated rings. The molecule has 0 aromatic rings. The van der Waals surface area contributed by atoms with Crippen molar-refractivity contribution in [2.24, 2.45) is 5.92 Å². The zero-order chi connectivity index (χ0) is 12.3. The van der Waals surface area contributed by atoms with Gasteiger partial charge in [-0.2, -0.15) is 0 Å². The second kappa shape index (κ2) is 5.36. The van der Waals surface area contributed by atoms with Gasteiger partial charge >= 0.3 is 0 Å². The number of aliphatic hydroxyl groups is 1. The maximum absolute atomic E-state index is 12.0. The lowest BCUT2D eigenvalue weighted by atomic mass is 9.93. The van der Waals surface area contributed by atoms with Crippen molar-refractivity contribution in [2.45, 2.75) is 44.6 Å². The average molecular weight is 240 g/mol. The van der Waals surface area contributed by atoms with Gasteiger partial charge in [-0.15, -0.1) is 0 Å². The van der Waals surface area contributed by atoms with E-state index in [-0.39, 0.29) is 5.91 Å². The predicted molar refractivity (Wildman–Crippen MR) is 66.6 cm³/mol. The Hall–Kier alpha value is -0.610. The van der Waals surface area contributed by atoms with Crippen molar-refractivity contribution in [1.29, 1.82) is 0 Å². The smallest absolute Gasteiger partial charge is 0.222 e. The third-order valence-corrected chi connectivity index (χ3v) is 4.12. The number of hydrogen-bond donors (Lipinski definition) is 2. The van der Waals surface area contributed by atoms with Gasteiger partial charge in [0.1, 0.15) is 0 Å². The lowest BCUT2D eigenvalue weighted by molar-refractivity contribution is -0.135. The second-order valence-electron chi connectivity index (χ2n) is 5.78. The number of nitrogens with one attached hydrogen (secondary N) is 1. The maximum Gasteiger partial charge on any atom is 0.222 e. The van der Waals surface area contributed by atoms with Gasteiger partial charge in [0.15, 0.2) is 0 Å². The largest absolute Gasteiger partial charge is 0.390 e. The van der Waals surface area contributed by atoms with Crippen molar-refractivity contribution in [2.75, 3.05) is 26.2 Å². The molecule has 4 heteroatoms. The van der Waals surface area contributed by atoms with Gasteiger partial charge in [-0.05, 0) is 51.6 Å². The van der Waals surface area contributed by atoms with Crippen LogP contribution in [0.15, 0.2) is 0 Å². The molecule has 2 aliphatic heterocycles. The third-order valence-electron chi connectivity index (χ3n) is 4.12. The van der Waals surface area contributed by atoms with E-state index in [1.165, 1.54) is 6.42 Å². The van der Waals surface area contributed by atoms with E-state index in [9.17, 15) is 9.90 Å². The Morgan fingerprint density at radius 2 is 2.18 bits per heavy atom. The summed E-state index contributed by atoms with van der Waals surface area (Å²) in [7, 11) is 0. The van der Waals surface area contributed by atoms with Crippen LogP contribution in [-0.2, 0) is 4.79 Å². The zero-order valence-electron chi connectivity index (χ0n) is 10.7. The summed E-state index contributed by atoms with van der Waals surface area (Å²) in [5.41, 5.74) is -0.563. The molecule has 98 valence electrons. The number of likely N-dealkylation sites (tertiary alicyclic amines) is 1. The fourth-order valence-corrected chi connectivity index (χ4v) is 2.68. The highest BCUT2D eigenvalue weighted by Crippen LogP contribution is 2.22. The van der Waals surface area contributed by atoms with E-state index < -0.39 is 5.60 Å². The summed E-state index contributed by atoms with van der Waals surface area (Å²) in [6, 6.07) is 0. The topological polar surface area (TPSA) is 52.6 Å². The molecule has 0 aromatic heterocycles. The van der Waals surface area contributed by atoms with Crippen molar-refractivity contribution in [3.05, 3.63) is 0 Å². The summed E-state index contributed by atoms with van der Waals surface area (Å²) in [5.74, 6) is 0.958. The first-order chi connectivity index (χ1) is 8.07. The molecule has 2 rings (SSSR count). The Balaban J connectivity index is 1.69. The summed E-state index contributed by atoms with van der Waals surface area (Å²) < 4.78 is 0. The molecule has 0 spiro atoms.